The lowest BCUT2D eigenvalue weighted by Crippen LogP contribution is -2.54. The monoisotopic (exact) mass is 712 g/mol. The lowest BCUT2D eigenvalue weighted by Gasteiger charge is -2.40. The first-order chi connectivity index (χ1) is 25.0. The fourth-order valence-electron chi connectivity index (χ4n) is 6.73. The Kier molecular flexibility index (Phi) is 11.1. The number of carbonyl (C=O) groups excluding carboxylic acids is 3. The van der Waals surface area contributed by atoms with Crippen LogP contribution in [0.15, 0.2) is 60.9 Å². The molecule has 2 aliphatic heterocycles. The van der Waals surface area contributed by atoms with Gasteiger partial charge in [0.2, 0.25) is 11.9 Å². The Bertz CT molecular complexity index is 1780. The van der Waals surface area contributed by atoms with Crippen molar-refractivity contribution in [2.24, 2.45) is 0 Å². The number of hydrogen-bond donors (Lipinski definition) is 4. The number of piperidine rings is 2. The molecule has 2 aliphatic rings. The highest BCUT2D eigenvalue weighted by molar-refractivity contribution is 6.12. The van der Waals surface area contributed by atoms with Crippen molar-refractivity contribution in [3.63, 3.8) is 0 Å². The van der Waals surface area contributed by atoms with Gasteiger partial charge < -0.3 is 22.1 Å². The summed E-state index contributed by atoms with van der Waals surface area (Å²) in [5.41, 5.74) is 13.1. The van der Waals surface area contributed by atoms with Crippen LogP contribution >= 0.6 is 0 Å². The molecule has 2 fully saturated rings. The number of nitrogens with zero attached hydrogens (tertiary/aromatic N) is 6. The second-order valence-corrected chi connectivity index (χ2v) is 13.3. The van der Waals surface area contributed by atoms with E-state index in [4.69, 9.17) is 11.5 Å². The van der Waals surface area contributed by atoms with Gasteiger partial charge in [0.25, 0.3) is 0 Å². The molecule has 2 saturated heterocycles. The zero-order valence-corrected chi connectivity index (χ0v) is 29.1. The van der Waals surface area contributed by atoms with Crippen LogP contribution in [0.2, 0.25) is 0 Å². The third-order valence-corrected chi connectivity index (χ3v) is 9.98. The zero-order chi connectivity index (χ0) is 36.9. The predicted molar refractivity (Wildman–Crippen MR) is 193 cm³/mol. The van der Waals surface area contributed by atoms with Gasteiger partial charge in [-0.05, 0) is 88.1 Å². The van der Waals surface area contributed by atoms with Gasteiger partial charge >= 0.3 is 0 Å². The summed E-state index contributed by atoms with van der Waals surface area (Å²) in [4.78, 5) is 60.8. The molecule has 0 spiro atoms. The van der Waals surface area contributed by atoms with Crippen molar-refractivity contribution >= 4 is 40.9 Å². The molecule has 0 radical (unpaired) electrons. The third kappa shape index (κ3) is 8.37. The molecule has 2 aromatic heterocycles. The van der Waals surface area contributed by atoms with E-state index < -0.39 is 11.6 Å². The number of nitrogens with one attached hydrogen (secondary N) is 2. The molecule has 13 nitrogen and oxygen atoms in total. The highest BCUT2D eigenvalue weighted by Crippen LogP contribution is 2.23. The van der Waals surface area contributed by atoms with E-state index in [1.165, 1.54) is 60.9 Å². The van der Waals surface area contributed by atoms with Crippen molar-refractivity contribution in [1.29, 1.82) is 0 Å². The van der Waals surface area contributed by atoms with Crippen molar-refractivity contribution in [2.75, 3.05) is 48.3 Å². The van der Waals surface area contributed by atoms with E-state index in [1.807, 2.05) is 13.8 Å². The predicted octanol–water partition coefficient (Wildman–Crippen LogP) is 3.97. The van der Waals surface area contributed by atoms with Gasteiger partial charge in [0.05, 0.1) is 23.2 Å². The summed E-state index contributed by atoms with van der Waals surface area (Å²) < 4.78 is 26.5. The number of halogens is 2. The van der Waals surface area contributed by atoms with Crippen molar-refractivity contribution < 1.29 is 23.2 Å². The molecule has 4 heterocycles. The Hall–Kier alpha value is -5.41. The van der Waals surface area contributed by atoms with Gasteiger partial charge in [-0.2, -0.15) is 9.97 Å². The topological polar surface area (TPSA) is 185 Å². The molecular weight excluding hydrogens is 670 g/mol. The second-order valence-electron chi connectivity index (χ2n) is 13.3. The maximum atomic E-state index is 13.6. The number of ketones is 3. The third-order valence-electron chi connectivity index (χ3n) is 9.98. The van der Waals surface area contributed by atoms with E-state index in [1.54, 1.807) is 0 Å². The van der Waals surface area contributed by atoms with Crippen LogP contribution in [0.3, 0.4) is 0 Å². The van der Waals surface area contributed by atoms with Gasteiger partial charge in [-0.15, -0.1) is 0 Å². The Morgan fingerprint density at radius 3 is 1.33 bits per heavy atom. The fraction of sp³-hybridized carbons (Fsp3) is 0.378. The summed E-state index contributed by atoms with van der Waals surface area (Å²) in [5.74, 6) is -0.721. The molecule has 2 unspecified atom stereocenters. The van der Waals surface area contributed by atoms with Crippen LogP contribution in [0, 0.1) is 11.6 Å². The van der Waals surface area contributed by atoms with Crippen molar-refractivity contribution in [3.05, 3.63) is 94.8 Å². The van der Waals surface area contributed by atoms with Gasteiger partial charge in [0, 0.05) is 61.8 Å². The fourth-order valence-corrected chi connectivity index (χ4v) is 6.73. The van der Waals surface area contributed by atoms with E-state index in [0.29, 0.717) is 23.0 Å². The molecule has 0 bridgehead atoms. The van der Waals surface area contributed by atoms with E-state index in [0.717, 1.165) is 51.9 Å². The Balaban J connectivity index is 0.942. The molecule has 0 amide bonds. The smallest absolute Gasteiger partial charge is 0.224 e. The lowest BCUT2D eigenvalue weighted by molar-refractivity contribution is -0.129. The quantitative estimate of drug-likeness (QED) is 0.155. The van der Waals surface area contributed by atoms with Crippen LogP contribution in [-0.4, -0.2) is 97.4 Å². The van der Waals surface area contributed by atoms with Crippen molar-refractivity contribution in [2.45, 2.75) is 63.7 Å². The first-order valence-corrected chi connectivity index (χ1v) is 17.4. The first-order valence-electron chi connectivity index (χ1n) is 17.4. The van der Waals surface area contributed by atoms with Gasteiger partial charge in [-0.3, -0.25) is 24.2 Å². The van der Waals surface area contributed by atoms with Crippen molar-refractivity contribution in [1.82, 2.24) is 29.7 Å². The summed E-state index contributed by atoms with van der Waals surface area (Å²) in [6.07, 6.45) is 5.87. The summed E-state index contributed by atoms with van der Waals surface area (Å²) in [5, 5.41) is 6.62. The van der Waals surface area contributed by atoms with E-state index in [9.17, 15) is 23.2 Å². The lowest BCUT2D eigenvalue weighted by atomic mass is 9.97. The molecular formula is C37H42F2N10O3. The van der Waals surface area contributed by atoms with Gasteiger partial charge in [-0.25, -0.2) is 18.7 Å². The number of aromatic nitrogens is 4. The molecule has 4 aromatic rings. The number of anilines is 4. The minimum atomic E-state index is -0.435. The zero-order valence-electron chi connectivity index (χ0n) is 29.1. The number of rotatable bonds is 12. The van der Waals surface area contributed by atoms with E-state index >= 15 is 0 Å². The average Bonchev–Trinajstić information content (AvgIpc) is 3.15. The minimum Gasteiger partial charge on any atom is -0.383 e. The number of hydrogen-bond acceptors (Lipinski definition) is 13. The molecule has 0 aliphatic carbocycles. The van der Waals surface area contributed by atoms with Crippen LogP contribution in [0.1, 0.15) is 71.4 Å². The second kappa shape index (κ2) is 15.9. The molecule has 272 valence electrons. The maximum absolute atomic E-state index is 13.6. The van der Waals surface area contributed by atoms with Crippen molar-refractivity contribution in [3.8, 4) is 0 Å². The molecule has 2 atom stereocenters. The van der Waals surface area contributed by atoms with Gasteiger partial charge in [0.15, 0.2) is 17.3 Å². The van der Waals surface area contributed by atoms with Crippen LogP contribution in [0.5, 0.6) is 0 Å². The normalized spacial score (nSPS) is 17.3. The molecule has 6 rings (SSSR count). The minimum absolute atomic E-state index is 0.0432. The Morgan fingerprint density at radius 2 is 1.00 bits per heavy atom. The van der Waals surface area contributed by atoms with Crippen LogP contribution in [0.25, 0.3) is 0 Å². The number of nitrogens with two attached hydrogens (primary N) is 2. The summed E-state index contributed by atoms with van der Waals surface area (Å²) in [6.45, 7) is 6.81. The number of benzene rings is 2. The first kappa shape index (κ1) is 36.4. The Morgan fingerprint density at radius 1 is 0.654 bits per heavy atom. The highest BCUT2D eigenvalue weighted by atomic mass is 19.1. The average molecular weight is 713 g/mol. The number of likely N-dealkylation sites (tertiary alicyclic amines) is 2. The standard InChI is InChI=1S/C37H42F2N10O3/c1-21(48-15-11-27(12-16-48)44-36-42-19-29(34(40)46-36)32(51)23-3-7-25(38)8-4-23)31(50)22(2)49-17-13-28(14-18-49)45-37-43-20-30(35(41)47-37)33(52)24-5-9-26(39)10-6-24/h3-10,19-22,27-28H,11-18H2,1-2H3,(H3,40,42,44,46)(H3,41,43,45,47). The molecule has 6 N–H and O–H groups in total. The number of Topliss-reactive ketones (excluding diaryl/α,β-unsaturated/α-hetero) is 1. The number of carbonyl (C=O) groups is 3. The highest BCUT2D eigenvalue weighted by Gasteiger charge is 2.33. The van der Waals surface area contributed by atoms with E-state index in [-0.39, 0.29) is 64.3 Å². The van der Waals surface area contributed by atoms with Crippen LogP contribution < -0.4 is 22.1 Å². The van der Waals surface area contributed by atoms with Gasteiger partial charge in [-0.1, -0.05) is 0 Å². The molecule has 52 heavy (non-hydrogen) atoms. The van der Waals surface area contributed by atoms with Crippen LogP contribution in [0.4, 0.5) is 32.3 Å². The Labute approximate surface area is 300 Å². The summed E-state index contributed by atoms with van der Waals surface area (Å²) >= 11 is 0. The van der Waals surface area contributed by atoms with E-state index in [2.05, 4.69) is 40.4 Å². The maximum Gasteiger partial charge on any atom is 0.224 e. The van der Waals surface area contributed by atoms with Gasteiger partial charge in [0.1, 0.15) is 23.3 Å². The molecule has 0 saturated carbocycles. The number of nitrogen functional groups attached to an aromatic ring is 2. The largest absolute Gasteiger partial charge is 0.383 e. The SMILES string of the molecule is CC(C(=O)C(C)N1CCC(Nc2ncc(C(=O)c3ccc(F)cc3)c(N)n2)CC1)N1CCC(Nc2ncc(C(=O)c3ccc(F)cc3)c(N)n2)CC1. The summed E-state index contributed by atoms with van der Waals surface area (Å²) in [6, 6.07) is 10.1. The molecule has 15 heteroatoms. The summed E-state index contributed by atoms with van der Waals surface area (Å²) in [7, 11) is 0. The molecule has 2 aromatic carbocycles. The van der Waals surface area contributed by atoms with Crippen LogP contribution in [-0.2, 0) is 4.79 Å².